The summed E-state index contributed by atoms with van der Waals surface area (Å²) in [6.07, 6.45) is 0. The molecule has 0 spiro atoms. The first-order valence-electron chi connectivity index (χ1n) is 8.50. The second-order valence-corrected chi connectivity index (χ2v) is 7.64. The molecule has 0 amide bonds. The number of rotatable bonds is 5. The summed E-state index contributed by atoms with van der Waals surface area (Å²) in [7, 11) is 0. The van der Waals surface area contributed by atoms with Gasteiger partial charge in [0.1, 0.15) is 10.6 Å². The number of aryl methyl sites for hydroxylation is 3. The standard InChI is InChI=1S/C19H23ClN4S/c1-6-24(7-2)14-8-9-15(11(3)10-14)21-17-16-12(4)13(5)25-18(16)23-19(20)22-17/h8-10H,6-7H2,1-5H3,(H,21,22,23). The van der Waals surface area contributed by atoms with Crippen LogP contribution in [0.2, 0.25) is 5.28 Å². The minimum Gasteiger partial charge on any atom is -0.372 e. The Hall–Kier alpha value is -1.85. The van der Waals surface area contributed by atoms with Crippen molar-refractivity contribution in [3.63, 3.8) is 0 Å². The molecule has 0 saturated heterocycles. The SMILES string of the molecule is CCN(CC)c1ccc(Nc2nc(Cl)nc3sc(C)c(C)c23)c(C)c1. The minimum atomic E-state index is 0.272. The molecule has 0 aliphatic rings. The summed E-state index contributed by atoms with van der Waals surface area (Å²) in [5.74, 6) is 0.774. The summed E-state index contributed by atoms with van der Waals surface area (Å²) in [6.45, 7) is 12.7. The summed E-state index contributed by atoms with van der Waals surface area (Å²) in [5, 5.41) is 4.79. The number of aromatic nitrogens is 2. The fraction of sp³-hybridized carbons (Fsp3) is 0.368. The molecule has 25 heavy (non-hydrogen) atoms. The highest BCUT2D eigenvalue weighted by Crippen LogP contribution is 2.36. The van der Waals surface area contributed by atoms with Crippen molar-refractivity contribution in [3.8, 4) is 0 Å². The van der Waals surface area contributed by atoms with E-state index in [1.807, 2.05) is 0 Å². The van der Waals surface area contributed by atoms with Crippen LogP contribution in [0.1, 0.15) is 29.9 Å². The maximum absolute atomic E-state index is 6.13. The normalized spacial score (nSPS) is 11.1. The van der Waals surface area contributed by atoms with Gasteiger partial charge >= 0.3 is 0 Å². The van der Waals surface area contributed by atoms with Crippen molar-refractivity contribution in [1.82, 2.24) is 9.97 Å². The second-order valence-electron chi connectivity index (χ2n) is 6.10. The molecule has 0 saturated carbocycles. The van der Waals surface area contributed by atoms with Gasteiger partial charge < -0.3 is 10.2 Å². The van der Waals surface area contributed by atoms with E-state index in [9.17, 15) is 0 Å². The highest BCUT2D eigenvalue weighted by Gasteiger charge is 2.15. The Morgan fingerprint density at radius 1 is 1.12 bits per heavy atom. The van der Waals surface area contributed by atoms with E-state index in [0.29, 0.717) is 0 Å². The van der Waals surface area contributed by atoms with Gasteiger partial charge in [0.15, 0.2) is 0 Å². The van der Waals surface area contributed by atoms with Gasteiger partial charge in [-0.2, -0.15) is 4.98 Å². The predicted octanol–water partition coefficient (Wildman–Crippen LogP) is 5.86. The van der Waals surface area contributed by atoms with Gasteiger partial charge in [0.2, 0.25) is 5.28 Å². The fourth-order valence-corrected chi connectivity index (χ4v) is 4.26. The first-order chi connectivity index (χ1) is 11.9. The zero-order chi connectivity index (χ0) is 18.1. The molecule has 1 aromatic carbocycles. The van der Waals surface area contributed by atoms with E-state index in [-0.39, 0.29) is 5.28 Å². The smallest absolute Gasteiger partial charge is 0.225 e. The van der Waals surface area contributed by atoms with Crippen LogP contribution in [0.3, 0.4) is 0 Å². The lowest BCUT2D eigenvalue weighted by atomic mass is 10.1. The summed E-state index contributed by atoms with van der Waals surface area (Å²) in [5.41, 5.74) is 4.66. The molecular formula is C19H23ClN4S. The highest BCUT2D eigenvalue weighted by atomic mass is 35.5. The van der Waals surface area contributed by atoms with Gasteiger partial charge in [-0.05, 0) is 75.5 Å². The zero-order valence-corrected chi connectivity index (χ0v) is 16.8. The minimum absolute atomic E-state index is 0.272. The summed E-state index contributed by atoms with van der Waals surface area (Å²) >= 11 is 7.79. The number of fused-ring (bicyclic) bond motifs is 1. The Balaban J connectivity index is 2.02. The molecule has 1 N–H and O–H groups in total. The van der Waals surface area contributed by atoms with E-state index in [1.54, 1.807) is 11.3 Å². The molecule has 2 aromatic heterocycles. The Kier molecular flexibility index (Phi) is 5.16. The van der Waals surface area contributed by atoms with Crippen LogP contribution in [0.25, 0.3) is 10.2 Å². The highest BCUT2D eigenvalue weighted by molar-refractivity contribution is 7.18. The monoisotopic (exact) mass is 374 g/mol. The van der Waals surface area contributed by atoms with E-state index in [1.165, 1.54) is 21.7 Å². The summed E-state index contributed by atoms with van der Waals surface area (Å²) < 4.78 is 0. The molecule has 3 rings (SSSR count). The molecule has 2 heterocycles. The van der Waals surface area contributed by atoms with Crippen LogP contribution in [0.5, 0.6) is 0 Å². The average Bonchev–Trinajstić information content (AvgIpc) is 2.85. The summed E-state index contributed by atoms with van der Waals surface area (Å²) in [4.78, 5) is 13.3. The molecular weight excluding hydrogens is 352 g/mol. The van der Waals surface area contributed by atoms with E-state index in [2.05, 4.69) is 73.0 Å². The molecule has 6 heteroatoms. The number of hydrogen-bond donors (Lipinski definition) is 1. The third kappa shape index (κ3) is 3.44. The number of nitrogens with zero attached hydrogens (tertiary/aromatic N) is 3. The number of halogens is 1. The van der Waals surface area contributed by atoms with Crippen molar-refractivity contribution < 1.29 is 0 Å². The van der Waals surface area contributed by atoms with Gasteiger partial charge in [0, 0.05) is 29.3 Å². The molecule has 3 aromatic rings. The van der Waals surface area contributed by atoms with Crippen molar-refractivity contribution in [2.45, 2.75) is 34.6 Å². The van der Waals surface area contributed by atoms with E-state index >= 15 is 0 Å². The predicted molar refractivity (Wildman–Crippen MR) is 110 cm³/mol. The van der Waals surface area contributed by atoms with Gasteiger partial charge in [-0.15, -0.1) is 11.3 Å². The maximum Gasteiger partial charge on any atom is 0.225 e. The molecule has 4 nitrogen and oxygen atoms in total. The third-order valence-corrected chi connectivity index (χ3v) is 5.86. The number of anilines is 3. The van der Waals surface area contributed by atoms with Crippen molar-refractivity contribution in [3.05, 3.63) is 39.5 Å². The Bertz CT molecular complexity index is 915. The number of thiophene rings is 1. The Morgan fingerprint density at radius 2 is 1.84 bits per heavy atom. The zero-order valence-electron chi connectivity index (χ0n) is 15.3. The van der Waals surface area contributed by atoms with Crippen LogP contribution in [0.15, 0.2) is 18.2 Å². The van der Waals surface area contributed by atoms with Crippen molar-refractivity contribution in [1.29, 1.82) is 0 Å². The van der Waals surface area contributed by atoms with Crippen LogP contribution in [-0.2, 0) is 0 Å². The maximum atomic E-state index is 6.13. The van der Waals surface area contributed by atoms with E-state index in [0.717, 1.165) is 34.8 Å². The Morgan fingerprint density at radius 3 is 2.48 bits per heavy atom. The molecule has 132 valence electrons. The van der Waals surface area contributed by atoms with Crippen LogP contribution in [-0.4, -0.2) is 23.1 Å². The number of benzene rings is 1. The lowest BCUT2D eigenvalue weighted by molar-refractivity contribution is 0.866. The van der Waals surface area contributed by atoms with E-state index in [4.69, 9.17) is 11.6 Å². The Labute approximate surface area is 157 Å². The van der Waals surface area contributed by atoms with Gasteiger partial charge in [0.05, 0.1) is 5.39 Å². The molecule has 0 fully saturated rings. The van der Waals surface area contributed by atoms with Crippen LogP contribution < -0.4 is 10.2 Å². The van der Waals surface area contributed by atoms with Crippen LogP contribution in [0, 0.1) is 20.8 Å². The van der Waals surface area contributed by atoms with Crippen LogP contribution >= 0.6 is 22.9 Å². The van der Waals surface area contributed by atoms with Crippen molar-refractivity contribution >= 4 is 50.3 Å². The lowest BCUT2D eigenvalue weighted by Gasteiger charge is -2.22. The first kappa shape index (κ1) is 18.0. The lowest BCUT2D eigenvalue weighted by Crippen LogP contribution is -2.21. The third-order valence-electron chi connectivity index (χ3n) is 4.59. The largest absolute Gasteiger partial charge is 0.372 e. The molecule has 0 aliphatic carbocycles. The average molecular weight is 375 g/mol. The van der Waals surface area contributed by atoms with Gasteiger partial charge in [-0.1, -0.05) is 0 Å². The number of nitrogens with one attached hydrogen (secondary N) is 1. The molecule has 0 atom stereocenters. The quantitative estimate of drug-likeness (QED) is 0.568. The van der Waals surface area contributed by atoms with E-state index < -0.39 is 0 Å². The fourth-order valence-electron chi connectivity index (χ4n) is 3.02. The van der Waals surface area contributed by atoms with Crippen LogP contribution in [0.4, 0.5) is 17.2 Å². The van der Waals surface area contributed by atoms with Gasteiger partial charge in [-0.25, -0.2) is 4.98 Å². The summed E-state index contributed by atoms with van der Waals surface area (Å²) in [6, 6.07) is 6.47. The molecule has 0 bridgehead atoms. The van der Waals surface area contributed by atoms with Gasteiger partial charge in [-0.3, -0.25) is 0 Å². The second kappa shape index (κ2) is 7.18. The van der Waals surface area contributed by atoms with Crippen molar-refractivity contribution in [2.24, 2.45) is 0 Å². The molecule has 0 aliphatic heterocycles. The first-order valence-corrected chi connectivity index (χ1v) is 9.69. The number of hydrogen-bond acceptors (Lipinski definition) is 5. The topological polar surface area (TPSA) is 41.0 Å². The van der Waals surface area contributed by atoms with Crippen molar-refractivity contribution in [2.75, 3.05) is 23.3 Å². The molecule has 0 unspecified atom stereocenters. The van der Waals surface area contributed by atoms with Gasteiger partial charge in [0.25, 0.3) is 0 Å². The molecule has 0 radical (unpaired) electrons.